The maximum absolute atomic E-state index is 12.9. The molecule has 31 heavy (non-hydrogen) atoms. The van der Waals surface area contributed by atoms with E-state index < -0.39 is 18.5 Å². The zero-order valence-corrected chi connectivity index (χ0v) is 17.6. The van der Waals surface area contributed by atoms with Gasteiger partial charge in [-0.15, -0.1) is 0 Å². The molecule has 4 aromatic rings. The molecule has 0 bridgehead atoms. The summed E-state index contributed by atoms with van der Waals surface area (Å²) < 4.78 is 16.1. The van der Waals surface area contributed by atoms with E-state index in [2.05, 4.69) is 15.5 Å². The lowest BCUT2D eigenvalue weighted by molar-refractivity contribution is -0.119. The lowest BCUT2D eigenvalue weighted by Crippen LogP contribution is -2.21. The minimum absolute atomic E-state index is 0.212. The molecule has 0 saturated heterocycles. The summed E-state index contributed by atoms with van der Waals surface area (Å²) in [5.41, 5.74) is 3.87. The third-order valence-electron chi connectivity index (χ3n) is 4.82. The Morgan fingerprint density at radius 1 is 1.06 bits per heavy atom. The number of hydrogen-bond acceptors (Lipinski definition) is 7. The van der Waals surface area contributed by atoms with E-state index in [1.54, 1.807) is 25.1 Å². The number of benzene rings is 1. The van der Waals surface area contributed by atoms with E-state index in [4.69, 9.17) is 13.7 Å². The zero-order valence-electron chi connectivity index (χ0n) is 17.6. The molecule has 8 heteroatoms. The van der Waals surface area contributed by atoms with Gasteiger partial charge in [-0.3, -0.25) is 4.79 Å². The fourth-order valence-corrected chi connectivity index (χ4v) is 3.32. The molecule has 8 nitrogen and oxygen atoms in total. The highest BCUT2D eigenvalue weighted by Crippen LogP contribution is 2.30. The van der Waals surface area contributed by atoms with Crippen molar-refractivity contribution in [1.29, 1.82) is 0 Å². The molecule has 0 saturated carbocycles. The highest BCUT2D eigenvalue weighted by molar-refractivity contribution is 6.05. The second kappa shape index (κ2) is 8.06. The van der Waals surface area contributed by atoms with Gasteiger partial charge in [-0.05, 0) is 52.0 Å². The Bertz CT molecular complexity index is 1280. The number of carbonyl (C=O) groups excluding carboxylic acids is 2. The molecule has 158 valence electrons. The van der Waals surface area contributed by atoms with Crippen molar-refractivity contribution in [2.75, 3.05) is 11.9 Å². The third-order valence-corrected chi connectivity index (χ3v) is 4.82. The summed E-state index contributed by atoms with van der Waals surface area (Å²) >= 11 is 0. The molecule has 1 N–H and O–H groups in total. The predicted molar refractivity (Wildman–Crippen MR) is 114 cm³/mol. The van der Waals surface area contributed by atoms with Gasteiger partial charge in [-0.25, -0.2) is 9.78 Å². The van der Waals surface area contributed by atoms with E-state index in [-0.39, 0.29) is 11.3 Å². The molecule has 0 spiro atoms. The molecule has 1 amide bonds. The average molecular weight is 419 g/mol. The Labute approximate surface area is 178 Å². The molecular formula is C23H21N3O5. The topological polar surface area (TPSA) is 107 Å². The summed E-state index contributed by atoms with van der Waals surface area (Å²) in [4.78, 5) is 29.5. The maximum atomic E-state index is 12.9. The number of anilines is 1. The zero-order chi connectivity index (χ0) is 22.1. The highest BCUT2D eigenvalue weighted by Gasteiger charge is 2.22. The number of ether oxygens (including phenoxy) is 1. The van der Waals surface area contributed by atoms with E-state index in [0.717, 1.165) is 16.9 Å². The standard InChI is InChI=1S/C23H21N3O5/c1-12-5-7-16(8-6-12)24-20(27)11-29-23(28)18-10-19(17-9-13(2)30-15(17)4)25-22-21(18)14(3)26-31-22/h5-10H,11H2,1-4H3,(H,24,27). The number of furan rings is 1. The molecule has 0 radical (unpaired) electrons. The second-order valence-corrected chi connectivity index (χ2v) is 7.32. The first-order valence-electron chi connectivity index (χ1n) is 9.70. The number of pyridine rings is 1. The monoisotopic (exact) mass is 419 g/mol. The molecule has 3 heterocycles. The fourth-order valence-electron chi connectivity index (χ4n) is 3.32. The number of nitrogens with zero attached hydrogens (tertiary/aromatic N) is 2. The Morgan fingerprint density at radius 2 is 1.81 bits per heavy atom. The molecule has 0 aliphatic carbocycles. The molecule has 0 unspecified atom stereocenters. The predicted octanol–water partition coefficient (Wildman–Crippen LogP) is 4.51. The Balaban J connectivity index is 1.58. The van der Waals surface area contributed by atoms with Crippen molar-refractivity contribution in [3.05, 3.63) is 64.7 Å². The second-order valence-electron chi connectivity index (χ2n) is 7.32. The smallest absolute Gasteiger partial charge is 0.339 e. The van der Waals surface area contributed by atoms with E-state index in [9.17, 15) is 9.59 Å². The van der Waals surface area contributed by atoms with Crippen LogP contribution < -0.4 is 5.32 Å². The summed E-state index contributed by atoms with van der Waals surface area (Å²) in [6, 6.07) is 10.8. The van der Waals surface area contributed by atoms with Crippen molar-refractivity contribution in [3.63, 3.8) is 0 Å². The summed E-state index contributed by atoms with van der Waals surface area (Å²) in [7, 11) is 0. The van der Waals surface area contributed by atoms with Gasteiger partial charge in [0.15, 0.2) is 6.61 Å². The minimum atomic E-state index is -0.670. The number of hydrogen-bond donors (Lipinski definition) is 1. The van der Waals surface area contributed by atoms with Crippen LogP contribution in [0.3, 0.4) is 0 Å². The number of aromatic nitrogens is 2. The van der Waals surface area contributed by atoms with Crippen LogP contribution in [0, 0.1) is 27.7 Å². The number of fused-ring (bicyclic) bond motifs is 1. The van der Waals surface area contributed by atoms with Crippen LogP contribution in [0.5, 0.6) is 0 Å². The van der Waals surface area contributed by atoms with E-state index in [1.807, 2.05) is 39.0 Å². The van der Waals surface area contributed by atoms with Gasteiger partial charge in [0.2, 0.25) is 0 Å². The average Bonchev–Trinajstić information content (AvgIpc) is 3.28. The van der Waals surface area contributed by atoms with Crippen LogP contribution >= 0.6 is 0 Å². The quantitative estimate of drug-likeness (QED) is 0.474. The molecule has 0 aliphatic rings. The minimum Gasteiger partial charge on any atom is -0.466 e. The van der Waals surface area contributed by atoms with Gasteiger partial charge in [-0.2, -0.15) is 0 Å². The van der Waals surface area contributed by atoms with Gasteiger partial charge >= 0.3 is 5.97 Å². The van der Waals surface area contributed by atoms with Gasteiger partial charge in [0.1, 0.15) is 11.5 Å². The third kappa shape index (κ3) is 4.18. The molecule has 3 aromatic heterocycles. The first kappa shape index (κ1) is 20.3. The Kier molecular flexibility index (Phi) is 5.29. The SMILES string of the molecule is Cc1ccc(NC(=O)COC(=O)c2cc(-c3cc(C)oc3C)nc3onc(C)c23)cc1. The Hall–Kier alpha value is -3.94. The fraction of sp³-hybridized carbons (Fsp3) is 0.217. The van der Waals surface area contributed by atoms with Crippen LogP contribution in [-0.2, 0) is 9.53 Å². The van der Waals surface area contributed by atoms with Crippen LogP contribution in [0.1, 0.15) is 33.1 Å². The molecule has 0 atom stereocenters. The Morgan fingerprint density at radius 3 is 2.48 bits per heavy atom. The molecule has 4 rings (SSSR count). The number of rotatable bonds is 5. The van der Waals surface area contributed by atoms with Crippen LogP contribution in [0.15, 0.2) is 45.3 Å². The molecule has 0 aliphatic heterocycles. The van der Waals surface area contributed by atoms with Crippen LogP contribution in [-0.4, -0.2) is 28.6 Å². The molecule has 0 fully saturated rings. The van der Waals surface area contributed by atoms with E-state index in [1.165, 1.54) is 0 Å². The lowest BCUT2D eigenvalue weighted by Gasteiger charge is -2.08. The van der Waals surface area contributed by atoms with Crippen LogP contribution in [0.2, 0.25) is 0 Å². The van der Waals surface area contributed by atoms with Gasteiger partial charge in [0.25, 0.3) is 11.6 Å². The number of aryl methyl sites for hydroxylation is 4. The van der Waals surface area contributed by atoms with Crippen molar-refractivity contribution < 1.29 is 23.3 Å². The maximum Gasteiger partial charge on any atom is 0.339 e. The summed E-state index contributed by atoms with van der Waals surface area (Å²) in [6.45, 7) is 6.88. The summed E-state index contributed by atoms with van der Waals surface area (Å²) in [6.07, 6.45) is 0. The lowest BCUT2D eigenvalue weighted by atomic mass is 10.1. The first-order chi connectivity index (χ1) is 14.8. The summed E-state index contributed by atoms with van der Waals surface area (Å²) in [5.74, 6) is 0.278. The highest BCUT2D eigenvalue weighted by atomic mass is 16.5. The van der Waals surface area contributed by atoms with Crippen molar-refractivity contribution >= 4 is 28.7 Å². The van der Waals surface area contributed by atoms with Crippen molar-refractivity contribution in [1.82, 2.24) is 10.1 Å². The van der Waals surface area contributed by atoms with Gasteiger partial charge in [0, 0.05) is 11.3 Å². The van der Waals surface area contributed by atoms with Gasteiger partial charge in [-0.1, -0.05) is 22.9 Å². The summed E-state index contributed by atoms with van der Waals surface area (Å²) in [5, 5.41) is 7.06. The first-order valence-corrected chi connectivity index (χ1v) is 9.70. The molecular weight excluding hydrogens is 398 g/mol. The normalized spacial score (nSPS) is 11.0. The number of nitrogens with one attached hydrogen (secondary N) is 1. The van der Waals surface area contributed by atoms with Crippen LogP contribution in [0.4, 0.5) is 5.69 Å². The number of carbonyl (C=O) groups is 2. The van der Waals surface area contributed by atoms with E-state index >= 15 is 0 Å². The van der Waals surface area contributed by atoms with Gasteiger partial charge in [0.05, 0.1) is 22.3 Å². The number of esters is 1. The van der Waals surface area contributed by atoms with Crippen molar-refractivity contribution in [2.24, 2.45) is 0 Å². The largest absolute Gasteiger partial charge is 0.466 e. The molecule has 1 aromatic carbocycles. The van der Waals surface area contributed by atoms with Gasteiger partial charge < -0.3 is 19.0 Å². The van der Waals surface area contributed by atoms with Crippen molar-refractivity contribution in [2.45, 2.75) is 27.7 Å². The van der Waals surface area contributed by atoms with E-state index in [0.29, 0.717) is 28.2 Å². The van der Waals surface area contributed by atoms with Crippen LogP contribution in [0.25, 0.3) is 22.4 Å². The number of amides is 1. The van der Waals surface area contributed by atoms with Crippen molar-refractivity contribution in [3.8, 4) is 11.3 Å².